The fraction of sp³-hybridized carbons (Fsp3) is 0.0500. The first kappa shape index (κ1) is 16.5. The standard InChI is InChI=1S/C20H17ClN2S/c21-17-12-7-13-18(14-17)22-20(24)23-19(15-8-3-1-4-9-15)16-10-5-2-6-11-16/h1-14,19H,(H2,22,23,24). The predicted octanol–water partition coefficient (Wildman–Crippen LogP) is 5.42. The molecule has 120 valence electrons. The zero-order valence-corrected chi connectivity index (χ0v) is 14.5. The maximum Gasteiger partial charge on any atom is 0.171 e. The maximum atomic E-state index is 6.02. The summed E-state index contributed by atoms with van der Waals surface area (Å²) in [7, 11) is 0. The van der Waals surface area contributed by atoms with Crippen LogP contribution in [0.4, 0.5) is 5.69 Å². The number of benzene rings is 3. The average Bonchev–Trinajstić information content (AvgIpc) is 2.61. The molecular formula is C20H17ClN2S. The van der Waals surface area contributed by atoms with Gasteiger partial charge in [-0.15, -0.1) is 0 Å². The van der Waals surface area contributed by atoms with Crippen LogP contribution >= 0.6 is 23.8 Å². The Morgan fingerprint density at radius 3 is 1.92 bits per heavy atom. The van der Waals surface area contributed by atoms with Crippen molar-refractivity contribution in [2.75, 3.05) is 5.32 Å². The van der Waals surface area contributed by atoms with Crippen LogP contribution in [0.2, 0.25) is 5.02 Å². The van der Waals surface area contributed by atoms with Gasteiger partial charge in [0.2, 0.25) is 0 Å². The number of hydrogen-bond acceptors (Lipinski definition) is 1. The molecule has 3 aromatic carbocycles. The Morgan fingerprint density at radius 2 is 1.38 bits per heavy atom. The van der Waals surface area contributed by atoms with E-state index in [0.717, 1.165) is 16.8 Å². The van der Waals surface area contributed by atoms with E-state index in [9.17, 15) is 0 Å². The van der Waals surface area contributed by atoms with Gasteiger partial charge in [0.05, 0.1) is 6.04 Å². The van der Waals surface area contributed by atoms with E-state index in [2.05, 4.69) is 34.9 Å². The van der Waals surface area contributed by atoms with Crippen molar-refractivity contribution in [3.8, 4) is 0 Å². The Hall–Kier alpha value is -2.36. The summed E-state index contributed by atoms with van der Waals surface area (Å²) in [4.78, 5) is 0. The lowest BCUT2D eigenvalue weighted by Gasteiger charge is -2.22. The number of anilines is 1. The highest BCUT2D eigenvalue weighted by atomic mass is 35.5. The first-order chi connectivity index (χ1) is 11.7. The van der Waals surface area contributed by atoms with Crippen LogP contribution in [0.3, 0.4) is 0 Å². The lowest BCUT2D eigenvalue weighted by atomic mass is 9.99. The molecule has 24 heavy (non-hydrogen) atoms. The van der Waals surface area contributed by atoms with Crippen LogP contribution in [0, 0.1) is 0 Å². The molecule has 0 aromatic heterocycles. The fourth-order valence-electron chi connectivity index (χ4n) is 2.51. The molecule has 0 aliphatic rings. The van der Waals surface area contributed by atoms with Crippen molar-refractivity contribution in [1.82, 2.24) is 5.32 Å². The fourth-order valence-corrected chi connectivity index (χ4v) is 2.94. The van der Waals surface area contributed by atoms with Gasteiger partial charge in [-0.25, -0.2) is 0 Å². The van der Waals surface area contributed by atoms with Gasteiger partial charge in [-0.2, -0.15) is 0 Å². The van der Waals surface area contributed by atoms with Gasteiger partial charge in [-0.3, -0.25) is 0 Å². The molecule has 0 spiro atoms. The van der Waals surface area contributed by atoms with E-state index >= 15 is 0 Å². The lowest BCUT2D eigenvalue weighted by molar-refractivity contribution is 0.769. The summed E-state index contributed by atoms with van der Waals surface area (Å²) in [5.74, 6) is 0. The van der Waals surface area contributed by atoms with Crippen molar-refractivity contribution in [3.05, 3.63) is 101 Å². The number of thiocarbonyl (C=S) groups is 1. The molecule has 0 aliphatic carbocycles. The minimum atomic E-state index is -0.0217. The van der Waals surface area contributed by atoms with Crippen LogP contribution < -0.4 is 10.6 Å². The first-order valence-electron chi connectivity index (χ1n) is 7.65. The summed E-state index contributed by atoms with van der Waals surface area (Å²) in [5, 5.41) is 7.81. The normalized spacial score (nSPS) is 10.4. The van der Waals surface area contributed by atoms with Crippen molar-refractivity contribution in [1.29, 1.82) is 0 Å². The SMILES string of the molecule is S=C(Nc1cccc(Cl)c1)NC(c1ccccc1)c1ccccc1. The van der Waals surface area contributed by atoms with Gasteiger partial charge >= 0.3 is 0 Å². The van der Waals surface area contributed by atoms with Crippen LogP contribution in [0.1, 0.15) is 17.2 Å². The molecule has 2 N–H and O–H groups in total. The molecule has 0 atom stereocenters. The lowest BCUT2D eigenvalue weighted by Crippen LogP contribution is -2.33. The third-order valence-corrected chi connectivity index (χ3v) is 4.08. The molecule has 0 aliphatic heterocycles. The van der Waals surface area contributed by atoms with Crippen molar-refractivity contribution >= 4 is 34.6 Å². The smallest absolute Gasteiger partial charge is 0.171 e. The molecule has 0 saturated carbocycles. The first-order valence-corrected chi connectivity index (χ1v) is 8.44. The summed E-state index contributed by atoms with van der Waals surface area (Å²) in [6.45, 7) is 0. The zero-order valence-electron chi connectivity index (χ0n) is 12.9. The summed E-state index contributed by atoms with van der Waals surface area (Å²) < 4.78 is 0. The summed E-state index contributed by atoms with van der Waals surface area (Å²) >= 11 is 11.5. The Balaban J connectivity index is 1.80. The maximum absolute atomic E-state index is 6.02. The Bertz CT molecular complexity index is 767. The van der Waals surface area contributed by atoms with E-state index in [1.165, 1.54) is 0 Å². The van der Waals surface area contributed by atoms with Crippen LogP contribution in [0.15, 0.2) is 84.9 Å². The predicted molar refractivity (Wildman–Crippen MR) is 106 cm³/mol. The van der Waals surface area contributed by atoms with E-state index < -0.39 is 0 Å². The Kier molecular flexibility index (Phi) is 5.47. The van der Waals surface area contributed by atoms with Crippen molar-refractivity contribution in [3.63, 3.8) is 0 Å². The molecule has 3 rings (SSSR count). The topological polar surface area (TPSA) is 24.1 Å². The van der Waals surface area contributed by atoms with Gasteiger partial charge in [0.25, 0.3) is 0 Å². The van der Waals surface area contributed by atoms with Gasteiger partial charge in [0, 0.05) is 10.7 Å². The van der Waals surface area contributed by atoms with E-state index in [1.54, 1.807) is 0 Å². The van der Waals surface area contributed by atoms with Crippen LogP contribution in [-0.4, -0.2) is 5.11 Å². The molecular weight excluding hydrogens is 336 g/mol. The number of nitrogens with one attached hydrogen (secondary N) is 2. The minimum absolute atomic E-state index is 0.0217. The van der Waals surface area contributed by atoms with Crippen LogP contribution in [0.5, 0.6) is 0 Å². The van der Waals surface area contributed by atoms with Crippen LogP contribution in [0.25, 0.3) is 0 Å². The summed E-state index contributed by atoms with van der Waals surface area (Å²) in [5.41, 5.74) is 3.16. The molecule has 0 fully saturated rings. The molecule has 3 aromatic rings. The molecule has 0 radical (unpaired) electrons. The summed E-state index contributed by atoms with van der Waals surface area (Å²) in [6, 6.07) is 28.0. The molecule has 0 amide bonds. The third-order valence-electron chi connectivity index (χ3n) is 3.62. The summed E-state index contributed by atoms with van der Waals surface area (Å²) in [6.07, 6.45) is 0. The quantitative estimate of drug-likeness (QED) is 0.613. The second-order valence-electron chi connectivity index (χ2n) is 5.36. The molecule has 0 heterocycles. The van der Waals surface area contributed by atoms with Crippen molar-refractivity contribution < 1.29 is 0 Å². The highest BCUT2D eigenvalue weighted by Crippen LogP contribution is 2.22. The van der Waals surface area contributed by atoms with E-state index in [4.69, 9.17) is 23.8 Å². The van der Waals surface area contributed by atoms with Crippen molar-refractivity contribution in [2.45, 2.75) is 6.04 Å². The Labute approximate surface area is 152 Å². The number of hydrogen-bond donors (Lipinski definition) is 2. The minimum Gasteiger partial charge on any atom is -0.352 e. The molecule has 4 heteroatoms. The zero-order chi connectivity index (χ0) is 16.8. The van der Waals surface area contributed by atoms with E-state index in [1.807, 2.05) is 60.7 Å². The number of rotatable bonds is 4. The largest absolute Gasteiger partial charge is 0.352 e. The highest BCUT2D eigenvalue weighted by Gasteiger charge is 2.14. The second kappa shape index (κ2) is 7.95. The van der Waals surface area contributed by atoms with Gasteiger partial charge in [0.15, 0.2) is 5.11 Å². The highest BCUT2D eigenvalue weighted by molar-refractivity contribution is 7.80. The molecule has 0 unspecified atom stereocenters. The third kappa shape index (κ3) is 4.34. The monoisotopic (exact) mass is 352 g/mol. The van der Waals surface area contributed by atoms with Gasteiger partial charge in [-0.1, -0.05) is 78.3 Å². The molecule has 0 saturated heterocycles. The Morgan fingerprint density at radius 1 is 0.792 bits per heavy atom. The van der Waals surface area contributed by atoms with Gasteiger partial charge in [-0.05, 0) is 41.5 Å². The molecule has 0 bridgehead atoms. The van der Waals surface area contributed by atoms with Crippen LogP contribution in [-0.2, 0) is 0 Å². The second-order valence-corrected chi connectivity index (χ2v) is 6.21. The van der Waals surface area contributed by atoms with Gasteiger partial charge < -0.3 is 10.6 Å². The van der Waals surface area contributed by atoms with E-state index in [-0.39, 0.29) is 6.04 Å². The van der Waals surface area contributed by atoms with Gasteiger partial charge in [0.1, 0.15) is 0 Å². The van der Waals surface area contributed by atoms with Crippen molar-refractivity contribution in [2.24, 2.45) is 0 Å². The molecule has 2 nitrogen and oxygen atoms in total. The van der Waals surface area contributed by atoms with E-state index in [0.29, 0.717) is 10.1 Å². The average molecular weight is 353 g/mol. The number of halogens is 1.